The molecule has 130 valence electrons. The van der Waals surface area contributed by atoms with Gasteiger partial charge in [-0.05, 0) is 57.4 Å². The summed E-state index contributed by atoms with van der Waals surface area (Å²) in [5.74, 6) is 0.598. The quantitative estimate of drug-likeness (QED) is 0.776. The van der Waals surface area contributed by atoms with Crippen LogP contribution in [0.5, 0.6) is 0 Å². The highest BCUT2D eigenvalue weighted by Gasteiger charge is 2.11. The van der Waals surface area contributed by atoms with E-state index in [1.807, 2.05) is 17.1 Å². The van der Waals surface area contributed by atoms with Crippen LogP contribution in [-0.4, -0.2) is 32.8 Å². The Bertz CT molecular complexity index is 846. The molecule has 6 heteroatoms. The molecular formula is C19H24N6. The summed E-state index contributed by atoms with van der Waals surface area (Å²) in [4.78, 5) is 11.5. The second-order valence-corrected chi connectivity index (χ2v) is 6.88. The van der Waals surface area contributed by atoms with Crippen molar-refractivity contribution in [2.24, 2.45) is 0 Å². The molecule has 1 aromatic carbocycles. The summed E-state index contributed by atoms with van der Waals surface area (Å²) in [6.45, 7) is 6.51. The molecule has 0 saturated carbocycles. The maximum absolute atomic E-state index is 4.63. The smallest absolute Gasteiger partial charge is 0.229 e. The molecule has 4 rings (SSSR count). The van der Waals surface area contributed by atoms with Crippen molar-refractivity contribution < 1.29 is 0 Å². The van der Waals surface area contributed by atoms with E-state index in [9.17, 15) is 0 Å². The van der Waals surface area contributed by atoms with Gasteiger partial charge in [0.25, 0.3) is 0 Å². The minimum Gasteiger partial charge on any atom is -0.372 e. The SMILES string of the molecule is CC(C)n1ncc2cnc(Nc3ccc(N4CCCCC4)cc3)nc21. The first-order chi connectivity index (χ1) is 12.2. The lowest BCUT2D eigenvalue weighted by molar-refractivity contribution is 0.546. The average Bonchev–Trinajstić information content (AvgIpc) is 3.07. The van der Waals surface area contributed by atoms with Gasteiger partial charge in [-0.1, -0.05) is 0 Å². The van der Waals surface area contributed by atoms with E-state index in [1.54, 1.807) is 0 Å². The van der Waals surface area contributed by atoms with E-state index in [4.69, 9.17) is 0 Å². The molecule has 1 saturated heterocycles. The van der Waals surface area contributed by atoms with E-state index in [1.165, 1.54) is 24.9 Å². The lowest BCUT2D eigenvalue weighted by Gasteiger charge is -2.28. The fourth-order valence-corrected chi connectivity index (χ4v) is 3.31. The summed E-state index contributed by atoms with van der Waals surface area (Å²) in [5.41, 5.74) is 3.15. The Morgan fingerprint density at radius 2 is 1.76 bits per heavy atom. The number of benzene rings is 1. The number of piperidine rings is 1. The zero-order valence-corrected chi connectivity index (χ0v) is 14.8. The molecule has 0 unspecified atom stereocenters. The molecule has 6 nitrogen and oxygen atoms in total. The molecule has 3 heterocycles. The molecule has 1 aliphatic heterocycles. The Kier molecular flexibility index (Phi) is 4.26. The van der Waals surface area contributed by atoms with Gasteiger partial charge in [0.2, 0.25) is 5.95 Å². The summed E-state index contributed by atoms with van der Waals surface area (Å²) in [6, 6.07) is 8.80. The first-order valence-corrected chi connectivity index (χ1v) is 9.03. The molecule has 0 aliphatic carbocycles. The zero-order valence-electron chi connectivity index (χ0n) is 14.8. The van der Waals surface area contributed by atoms with E-state index in [-0.39, 0.29) is 6.04 Å². The third kappa shape index (κ3) is 3.29. The number of rotatable bonds is 4. The normalized spacial score (nSPS) is 15.1. The lowest BCUT2D eigenvalue weighted by atomic mass is 10.1. The Morgan fingerprint density at radius 1 is 1.00 bits per heavy atom. The molecule has 0 bridgehead atoms. The van der Waals surface area contributed by atoms with Crippen LogP contribution < -0.4 is 10.2 Å². The predicted octanol–water partition coefficient (Wildman–Crippen LogP) is 4.14. The van der Waals surface area contributed by atoms with Crippen LogP contribution in [-0.2, 0) is 0 Å². The van der Waals surface area contributed by atoms with Crippen LogP contribution >= 0.6 is 0 Å². The fraction of sp³-hybridized carbons (Fsp3) is 0.421. The van der Waals surface area contributed by atoms with E-state index in [0.29, 0.717) is 5.95 Å². The topological polar surface area (TPSA) is 58.9 Å². The number of aromatic nitrogens is 4. The van der Waals surface area contributed by atoms with Gasteiger partial charge in [0.05, 0.1) is 11.6 Å². The third-order valence-electron chi connectivity index (χ3n) is 4.67. The highest BCUT2D eigenvalue weighted by Crippen LogP contribution is 2.23. The maximum Gasteiger partial charge on any atom is 0.229 e. The number of nitrogens with one attached hydrogen (secondary N) is 1. The molecule has 25 heavy (non-hydrogen) atoms. The molecule has 1 aliphatic rings. The van der Waals surface area contributed by atoms with E-state index >= 15 is 0 Å². The van der Waals surface area contributed by atoms with Crippen LogP contribution in [0.1, 0.15) is 39.2 Å². The molecule has 0 radical (unpaired) electrons. The van der Waals surface area contributed by atoms with Gasteiger partial charge in [-0.2, -0.15) is 10.1 Å². The maximum atomic E-state index is 4.63. The molecule has 1 N–H and O–H groups in total. The van der Waals surface area contributed by atoms with Crippen LogP contribution in [0.4, 0.5) is 17.3 Å². The summed E-state index contributed by atoms with van der Waals surface area (Å²) in [6.07, 6.45) is 7.56. The summed E-state index contributed by atoms with van der Waals surface area (Å²) < 4.78 is 1.92. The number of anilines is 3. The minimum atomic E-state index is 0.268. The Labute approximate surface area is 147 Å². The van der Waals surface area contributed by atoms with Gasteiger partial charge in [0.1, 0.15) is 0 Å². The zero-order chi connectivity index (χ0) is 17.2. The number of fused-ring (bicyclic) bond motifs is 1. The molecule has 0 atom stereocenters. The Balaban J connectivity index is 1.53. The van der Waals surface area contributed by atoms with Crippen molar-refractivity contribution in [3.63, 3.8) is 0 Å². The van der Waals surface area contributed by atoms with Crippen LogP contribution in [0.3, 0.4) is 0 Å². The summed E-state index contributed by atoms with van der Waals surface area (Å²) in [7, 11) is 0. The molecule has 0 amide bonds. The Hall–Kier alpha value is -2.63. The Morgan fingerprint density at radius 3 is 2.48 bits per heavy atom. The molecule has 2 aromatic heterocycles. The third-order valence-corrected chi connectivity index (χ3v) is 4.67. The standard InChI is InChI=1S/C19H24N6/c1-14(2)25-18-15(13-21-25)12-20-19(23-18)22-16-6-8-17(9-7-16)24-10-4-3-5-11-24/h6-9,12-14H,3-5,10-11H2,1-2H3,(H,20,22,23). The van der Waals surface area contributed by atoms with Gasteiger partial charge >= 0.3 is 0 Å². The van der Waals surface area contributed by atoms with Crippen LogP contribution in [0.25, 0.3) is 11.0 Å². The van der Waals surface area contributed by atoms with Crippen molar-refractivity contribution in [2.75, 3.05) is 23.3 Å². The van der Waals surface area contributed by atoms with Gasteiger partial charge in [0.15, 0.2) is 5.65 Å². The average molecular weight is 336 g/mol. The molecule has 1 fully saturated rings. The van der Waals surface area contributed by atoms with Gasteiger partial charge in [-0.25, -0.2) is 9.67 Å². The van der Waals surface area contributed by atoms with Crippen LogP contribution in [0.15, 0.2) is 36.7 Å². The first-order valence-electron chi connectivity index (χ1n) is 9.03. The van der Waals surface area contributed by atoms with Crippen molar-refractivity contribution in [3.8, 4) is 0 Å². The van der Waals surface area contributed by atoms with Gasteiger partial charge in [-0.3, -0.25) is 0 Å². The van der Waals surface area contributed by atoms with Gasteiger partial charge in [0, 0.05) is 36.7 Å². The van der Waals surface area contributed by atoms with Crippen LogP contribution in [0.2, 0.25) is 0 Å². The largest absolute Gasteiger partial charge is 0.372 e. The second-order valence-electron chi connectivity index (χ2n) is 6.88. The van der Waals surface area contributed by atoms with Crippen LogP contribution in [0, 0.1) is 0 Å². The highest BCUT2D eigenvalue weighted by atomic mass is 15.3. The van der Waals surface area contributed by atoms with E-state index in [2.05, 4.69) is 63.4 Å². The first kappa shape index (κ1) is 15.9. The summed E-state index contributed by atoms with van der Waals surface area (Å²) in [5, 5.41) is 8.65. The molecular weight excluding hydrogens is 312 g/mol. The van der Waals surface area contributed by atoms with E-state index in [0.717, 1.165) is 29.8 Å². The highest BCUT2D eigenvalue weighted by molar-refractivity contribution is 5.75. The molecule has 0 spiro atoms. The number of hydrogen-bond acceptors (Lipinski definition) is 5. The predicted molar refractivity (Wildman–Crippen MR) is 101 cm³/mol. The second kappa shape index (κ2) is 6.70. The summed E-state index contributed by atoms with van der Waals surface area (Å²) >= 11 is 0. The molecule has 3 aromatic rings. The van der Waals surface area contributed by atoms with Crippen molar-refractivity contribution in [3.05, 3.63) is 36.7 Å². The lowest BCUT2D eigenvalue weighted by Crippen LogP contribution is -2.29. The van der Waals surface area contributed by atoms with Crippen molar-refractivity contribution in [1.82, 2.24) is 19.7 Å². The van der Waals surface area contributed by atoms with Crippen molar-refractivity contribution in [2.45, 2.75) is 39.2 Å². The number of hydrogen-bond donors (Lipinski definition) is 1. The fourth-order valence-electron chi connectivity index (χ4n) is 3.31. The minimum absolute atomic E-state index is 0.268. The van der Waals surface area contributed by atoms with Gasteiger partial charge in [-0.15, -0.1) is 0 Å². The van der Waals surface area contributed by atoms with E-state index < -0.39 is 0 Å². The van der Waals surface area contributed by atoms with Crippen molar-refractivity contribution in [1.29, 1.82) is 0 Å². The van der Waals surface area contributed by atoms with Gasteiger partial charge < -0.3 is 10.2 Å². The number of nitrogens with zero attached hydrogens (tertiary/aromatic N) is 5. The van der Waals surface area contributed by atoms with Crippen molar-refractivity contribution >= 4 is 28.4 Å². The monoisotopic (exact) mass is 336 g/mol.